The Morgan fingerprint density at radius 3 is 2.18 bits per heavy atom. The van der Waals surface area contributed by atoms with Crippen LogP contribution in [0, 0.1) is 0 Å². The Morgan fingerprint density at radius 2 is 1.76 bits per heavy atom. The predicted molar refractivity (Wildman–Crippen MR) is 60.6 cm³/mol. The van der Waals surface area contributed by atoms with Crippen molar-refractivity contribution >= 4 is 5.91 Å². The zero-order valence-corrected chi connectivity index (χ0v) is 10.5. The number of nitrogens with one attached hydrogen (secondary N) is 2. The van der Waals surface area contributed by atoms with Gasteiger partial charge >= 0.3 is 6.18 Å². The highest BCUT2D eigenvalue weighted by atomic mass is 19.4. The maximum atomic E-state index is 12.0. The Kier molecular flexibility index (Phi) is 7.18. The molecule has 1 unspecified atom stereocenters. The summed E-state index contributed by atoms with van der Waals surface area (Å²) in [6.45, 7) is 5.24. The van der Waals surface area contributed by atoms with Crippen LogP contribution in [0.5, 0.6) is 0 Å². The zero-order valence-electron chi connectivity index (χ0n) is 10.5. The molecule has 2 N–H and O–H groups in total. The minimum Gasteiger partial charge on any atom is -0.352 e. The van der Waals surface area contributed by atoms with Gasteiger partial charge in [0, 0.05) is 12.1 Å². The molecule has 0 heterocycles. The van der Waals surface area contributed by atoms with Crippen molar-refractivity contribution in [1.29, 1.82) is 0 Å². The van der Waals surface area contributed by atoms with Gasteiger partial charge in [-0.1, -0.05) is 13.8 Å². The second-order valence-electron chi connectivity index (χ2n) is 4.18. The molecule has 0 saturated carbocycles. The third-order valence-corrected chi connectivity index (χ3v) is 2.50. The smallest absolute Gasteiger partial charge is 0.352 e. The quantitative estimate of drug-likeness (QED) is 0.731. The van der Waals surface area contributed by atoms with Gasteiger partial charge in [-0.2, -0.15) is 13.2 Å². The molecular weight excluding hydrogens is 233 g/mol. The maximum absolute atomic E-state index is 12.0. The van der Waals surface area contributed by atoms with E-state index in [0.29, 0.717) is 0 Å². The van der Waals surface area contributed by atoms with Gasteiger partial charge in [-0.15, -0.1) is 0 Å². The molecule has 1 atom stereocenters. The van der Waals surface area contributed by atoms with Crippen LogP contribution in [-0.4, -0.2) is 30.7 Å². The fraction of sp³-hybridized carbons (Fsp3) is 0.909. The summed E-state index contributed by atoms with van der Waals surface area (Å²) in [6, 6.07) is -0.648. The summed E-state index contributed by atoms with van der Waals surface area (Å²) >= 11 is 0. The molecular formula is C11H21F3N2O. The first-order valence-electron chi connectivity index (χ1n) is 5.88. The summed E-state index contributed by atoms with van der Waals surface area (Å²) in [6.07, 6.45) is -3.48. The normalized spacial score (nSPS) is 13.8. The van der Waals surface area contributed by atoms with E-state index in [2.05, 4.69) is 10.6 Å². The van der Waals surface area contributed by atoms with Gasteiger partial charge in [0.2, 0.25) is 5.91 Å². The van der Waals surface area contributed by atoms with Gasteiger partial charge in [0.1, 0.15) is 0 Å². The van der Waals surface area contributed by atoms with Crippen LogP contribution in [0.4, 0.5) is 13.2 Å². The summed E-state index contributed by atoms with van der Waals surface area (Å²) < 4.78 is 36.0. The van der Waals surface area contributed by atoms with Crippen molar-refractivity contribution in [2.45, 2.75) is 58.3 Å². The molecule has 0 saturated heterocycles. The molecule has 0 aliphatic rings. The molecule has 0 aromatic rings. The Hall–Kier alpha value is -0.780. The highest BCUT2D eigenvalue weighted by Gasteiger charge is 2.29. The third-order valence-electron chi connectivity index (χ3n) is 2.50. The molecule has 0 aromatic carbocycles. The minimum absolute atomic E-state index is 0.0756. The Balaban J connectivity index is 3.84. The van der Waals surface area contributed by atoms with Crippen LogP contribution in [-0.2, 0) is 4.79 Å². The van der Waals surface area contributed by atoms with E-state index < -0.39 is 18.6 Å². The first-order valence-corrected chi connectivity index (χ1v) is 5.88. The zero-order chi connectivity index (χ0) is 13.5. The van der Waals surface area contributed by atoms with Crippen molar-refractivity contribution in [2.24, 2.45) is 0 Å². The third kappa shape index (κ3) is 8.97. The minimum atomic E-state index is -4.20. The summed E-state index contributed by atoms with van der Waals surface area (Å²) in [4.78, 5) is 11.4. The second kappa shape index (κ2) is 7.53. The fourth-order valence-electron chi connectivity index (χ4n) is 1.46. The number of rotatable bonds is 7. The van der Waals surface area contributed by atoms with E-state index in [9.17, 15) is 18.0 Å². The molecule has 102 valence electrons. The van der Waals surface area contributed by atoms with Crippen LogP contribution >= 0.6 is 0 Å². The number of carbonyl (C=O) groups is 1. The van der Waals surface area contributed by atoms with Crippen molar-refractivity contribution in [3.63, 3.8) is 0 Å². The van der Waals surface area contributed by atoms with Crippen LogP contribution in [0.2, 0.25) is 0 Å². The maximum Gasteiger partial charge on any atom is 0.390 e. The summed E-state index contributed by atoms with van der Waals surface area (Å²) in [5.41, 5.74) is 0. The molecule has 0 bridgehead atoms. The summed E-state index contributed by atoms with van der Waals surface area (Å²) in [5, 5.41) is 5.31. The van der Waals surface area contributed by atoms with Crippen LogP contribution in [0.1, 0.15) is 40.0 Å². The molecule has 0 rings (SSSR count). The second-order valence-corrected chi connectivity index (χ2v) is 4.18. The highest BCUT2D eigenvalue weighted by Crippen LogP contribution is 2.21. The lowest BCUT2D eigenvalue weighted by molar-refractivity contribution is -0.140. The molecule has 3 nitrogen and oxygen atoms in total. The van der Waals surface area contributed by atoms with Gasteiger partial charge in [0.05, 0.1) is 13.0 Å². The van der Waals surface area contributed by atoms with Gasteiger partial charge in [-0.3, -0.25) is 4.79 Å². The number of hydrogen-bond acceptors (Lipinski definition) is 2. The lowest BCUT2D eigenvalue weighted by atomic mass is 10.2. The van der Waals surface area contributed by atoms with E-state index in [-0.39, 0.29) is 18.5 Å². The number of halogens is 3. The molecule has 0 spiro atoms. The van der Waals surface area contributed by atoms with Crippen LogP contribution < -0.4 is 10.6 Å². The van der Waals surface area contributed by atoms with E-state index in [4.69, 9.17) is 0 Å². The first-order chi connectivity index (χ1) is 7.78. The average Bonchev–Trinajstić information content (AvgIpc) is 2.20. The number of carbonyl (C=O) groups excluding carboxylic acids is 1. The Labute approximate surface area is 100 Å². The summed E-state index contributed by atoms with van der Waals surface area (Å²) in [7, 11) is 0. The van der Waals surface area contributed by atoms with E-state index >= 15 is 0 Å². The van der Waals surface area contributed by atoms with Crippen molar-refractivity contribution in [1.82, 2.24) is 10.6 Å². The van der Waals surface area contributed by atoms with Crippen molar-refractivity contribution in [3.8, 4) is 0 Å². The highest BCUT2D eigenvalue weighted by molar-refractivity contribution is 5.78. The molecule has 0 radical (unpaired) electrons. The molecule has 0 aliphatic carbocycles. The summed E-state index contributed by atoms with van der Waals surface area (Å²) in [5.74, 6) is -0.257. The van der Waals surface area contributed by atoms with Gasteiger partial charge in [0.15, 0.2) is 0 Å². The molecule has 1 amide bonds. The van der Waals surface area contributed by atoms with Crippen molar-refractivity contribution in [2.75, 3.05) is 6.54 Å². The molecule has 0 aliphatic heterocycles. The Bertz CT molecular complexity index is 227. The number of amides is 1. The predicted octanol–water partition coefficient (Wildman–Crippen LogP) is 2.22. The van der Waals surface area contributed by atoms with Crippen LogP contribution in [0.3, 0.4) is 0 Å². The standard InChI is InChI=1S/C11H21F3N2O/c1-4-9(5-2)16-10(17)7-15-8(3)6-11(12,13)14/h8-9,15H,4-7H2,1-3H3,(H,16,17). The topological polar surface area (TPSA) is 41.1 Å². The van der Waals surface area contributed by atoms with Gasteiger partial charge < -0.3 is 10.6 Å². The lowest BCUT2D eigenvalue weighted by Crippen LogP contribution is -2.43. The molecule has 0 fully saturated rings. The van der Waals surface area contributed by atoms with E-state index in [1.165, 1.54) is 6.92 Å². The number of hydrogen-bond donors (Lipinski definition) is 2. The SMILES string of the molecule is CCC(CC)NC(=O)CNC(C)CC(F)(F)F. The van der Waals surface area contributed by atoms with Crippen LogP contribution in [0.25, 0.3) is 0 Å². The van der Waals surface area contributed by atoms with Gasteiger partial charge in [0.25, 0.3) is 0 Å². The van der Waals surface area contributed by atoms with E-state index in [0.717, 1.165) is 12.8 Å². The fourth-order valence-corrected chi connectivity index (χ4v) is 1.46. The number of alkyl halides is 3. The molecule has 6 heteroatoms. The van der Waals surface area contributed by atoms with Gasteiger partial charge in [-0.05, 0) is 19.8 Å². The molecule has 17 heavy (non-hydrogen) atoms. The van der Waals surface area contributed by atoms with Crippen LogP contribution in [0.15, 0.2) is 0 Å². The average molecular weight is 254 g/mol. The molecule has 0 aromatic heterocycles. The van der Waals surface area contributed by atoms with Crippen molar-refractivity contribution in [3.05, 3.63) is 0 Å². The van der Waals surface area contributed by atoms with Gasteiger partial charge in [-0.25, -0.2) is 0 Å². The largest absolute Gasteiger partial charge is 0.390 e. The Morgan fingerprint density at radius 1 is 1.24 bits per heavy atom. The lowest BCUT2D eigenvalue weighted by Gasteiger charge is -2.18. The monoisotopic (exact) mass is 254 g/mol. The van der Waals surface area contributed by atoms with E-state index in [1.807, 2.05) is 13.8 Å². The van der Waals surface area contributed by atoms with E-state index in [1.54, 1.807) is 0 Å². The van der Waals surface area contributed by atoms with Crippen molar-refractivity contribution < 1.29 is 18.0 Å². The first kappa shape index (κ1) is 16.2.